The van der Waals surface area contributed by atoms with E-state index in [4.69, 9.17) is 0 Å². The van der Waals surface area contributed by atoms with Gasteiger partial charge in [0.1, 0.15) is 17.3 Å². The lowest BCUT2D eigenvalue weighted by atomic mass is 9.88. The molecule has 0 aromatic carbocycles. The van der Waals surface area contributed by atoms with Gasteiger partial charge in [-0.05, 0) is 17.9 Å². The van der Waals surface area contributed by atoms with E-state index in [0.717, 1.165) is 6.20 Å². The third kappa shape index (κ3) is 5.00. The van der Waals surface area contributed by atoms with Gasteiger partial charge in [-0.2, -0.15) is 8.42 Å². The predicted octanol–water partition coefficient (Wildman–Crippen LogP) is 3.60. The summed E-state index contributed by atoms with van der Waals surface area (Å²) in [6.45, 7) is 9.31. The molecule has 8 nitrogen and oxygen atoms in total. The fourth-order valence-corrected chi connectivity index (χ4v) is 4.02. The number of aromatic nitrogens is 4. The Bertz CT molecular complexity index is 1180. The molecular weight excluding hydrogens is 409 g/mol. The van der Waals surface area contributed by atoms with Gasteiger partial charge in [0.25, 0.3) is 10.1 Å². The zero-order valence-electron chi connectivity index (χ0n) is 17.0. The molecule has 0 bridgehead atoms. The maximum absolute atomic E-state index is 13.7. The predicted molar refractivity (Wildman–Crippen MR) is 114 cm³/mol. The molecule has 0 radical (unpaired) electrons. The first-order chi connectivity index (χ1) is 14.0. The van der Waals surface area contributed by atoms with Gasteiger partial charge in [0.2, 0.25) is 0 Å². The fraction of sp³-hybridized carbons (Fsp3) is 0.350. The van der Waals surface area contributed by atoms with Crippen molar-refractivity contribution >= 4 is 27.0 Å². The highest BCUT2D eigenvalue weighted by Gasteiger charge is 2.30. The number of hydrogen-bond acceptors (Lipinski definition) is 6. The molecule has 0 amide bonds. The van der Waals surface area contributed by atoms with Gasteiger partial charge in [-0.15, -0.1) is 6.58 Å². The Kier molecular flexibility index (Phi) is 5.91. The number of rotatable bonds is 7. The lowest BCUT2D eigenvalue weighted by Crippen LogP contribution is -2.40. The molecule has 3 aromatic rings. The molecule has 10 heteroatoms. The molecule has 0 fully saturated rings. The van der Waals surface area contributed by atoms with Gasteiger partial charge >= 0.3 is 0 Å². The van der Waals surface area contributed by atoms with E-state index < -0.39 is 33.1 Å². The summed E-state index contributed by atoms with van der Waals surface area (Å²) in [5, 5.41) is 3.68. The second-order valence-corrected chi connectivity index (χ2v) is 9.62. The van der Waals surface area contributed by atoms with Crippen LogP contribution in [0.5, 0.6) is 0 Å². The minimum atomic E-state index is -4.22. The standard InChI is InChI=1S/C20H24FN5O3S/c1-5-6-12-8-22-19(15-10-24-18-14(15)7-13(21)9-23-18)26-17(12)25-16(20(2,3)4)11-30(27,28)29/h5,7-10,16H,1,6,11H2,2-4H3,(H,23,24)(H,22,25,26)(H,27,28,29). The molecule has 3 N–H and O–H groups in total. The fourth-order valence-electron chi connectivity index (χ4n) is 3.01. The molecule has 3 aromatic heterocycles. The average molecular weight is 434 g/mol. The number of H-pyrrole nitrogens is 1. The van der Waals surface area contributed by atoms with Crippen LogP contribution in [0.15, 0.2) is 37.3 Å². The number of aromatic amines is 1. The molecule has 1 atom stereocenters. The molecule has 0 aliphatic rings. The summed E-state index contributed by atoms with van der Waals surface area (Å²) in [5.41, 5.74) is 1.27. The molecule has 0 aliphatic carbocycles. The second-order valence-electron chi connectivity index (χ2n) is 8.12. The number of fused-ring (bicyclic) bond motifs is 1. The largest absolute Gasteiger partial charge is 0.365 e. The number of allylic oxidation sites excluding steroid dienone is 1. The van der Waals surface area contributed by atoms with Crippen LogP contribution in [0.2, 0.25) is 0 Å². The van der Waals surface area contributed by atoms with Crippen LogP contribution in [0.1, 0.15) is 26.3 Å². The highest BCUT2D eigenvalue weighted by molar-refractivity contribution is 7.85. The van der Waals surface area contributed by atoms with Crippen LogP contribution >= 0.6 is 0 Å². The quantitative estimate of drug-likeness (QED) is 0.384. The second kappa shape index (κ2) is 8.11. The zero-order valence-corrected chi connectivity index (χ0v) is 17.8. The van der Waals surface area contributed by atoms with Crippen LogP contribution in [0.4, 0.5) is 10.2 Å². The highest BCUT2D eigenvalue weighted by atomic mass is 32.2. The van der Waals surface area contributed by atoms with Crippen LogP contribution in [-0.2, 0) is 16.5 Å². The van der Waals surface area contributed by atoms with Crippen LogP contribution in [-0.4, -0.2) is 44.7 Å². The third-order valence-electron chi connectivity index (χ3n) is 4.70. The number of anilines is 1. The Morgan fingerprint density at radius 3 is 2.70 bits per heavy atom. The van der Waals surface area contributed by atoms with Gasteiger partial charge < -0.3 is 10.3 Å². The first-order valence-corrected chi connectivity index (χ1v) is 10.9. The Labute approximate surface area is 174 Å². The lowest BCUT2D eigenvalue weighted by Gasteiger charge is -2.31. The summed E-state index contributed by atoms with van der Waals surface area (Å²) >= 11 is 0. The van der Waals surface area contributed by atoms with E-state index in [1.165, 1.54) is 6.07 Å². The molecular formula is C20H24FN5O3S. The van der Waals surface area contributed by atoms with E-state index in [1.807, 2.05) is 20.8 Å². The topological polar surface area (TPSA) is 121 Å². The van der Waals surface area contributed by atoms with E-state index >= 15 is 0 Å². The van der Waals surface area contributed by atoms with E-state index in [2.05, 4.69) is 31.8 Å². The van der Waals surface area contributed by atoms with Crippen molar-refractivity contribution in [2.75, 3.05) is 11.1 Å². The highest BCUT2D eigenvalue weighted by Crippen LogP contribution is 2.29. The summed E-state index contributed by atoms with van der Waals surface area (Å²) in [7, 11) is -4.22. The molecule has 1 unspecified atom stereocenters. The first kappa shape index (κ1) is 21.8. The molecule has 3 rings (SSSR count). The normalized spacial score (nSPS) is 13.4. The van der Waals surface area contributed by atoms with Gasteiger partial charge in [-0.1, -0.05) is 26.8 Å². The van der Waals surface area contributed by atoms with Crippen LogP contribution in [0, 0.1) is 11.2 Å². The van der Waals surface area contributed by atoms with Gasteiger partial charge in [0.05, 0.1) is 11.9 Å². The van der Waals surface area contributed by atoms with Gasteiger partial charge in [0, 0.05) is 34.9 Å². The van der Waals surface area contributed by atoms with Crippen molar-refractivity contribution in [1.82, 2.24) is 19.9 Å². The monoisotopic (exact) mass is 433 g/mol. The third-order valence-corrected chi connectivity index (χ3v) is 5.46. The summed E-state index contributed by atoms with van der Waals surface area (Å²) in [6.07, 6.45) is 6.51. The maximum atomic E-state index is 13.7. The van der Waals surface area contributed by atoms with E-state index in [9.17, 15) is 17.4 Å². The van der Waals surface area contributed by atoms with Crippen molar-refractivity contribution in [3.63, 3.8) is 0 Å². The number of nitrogens with zero attached hydrogens (tertiary/aromatic N) is 3. The Hall–Kier alpha value is -2.85. The van der Waals surface area contributed by atoms with E-state index in [-0.39, 0.29) is 0 Å². The SMILES string of the molecule is C=CCc1cnc(-c2c[nH]c3ncc(F)cc23)nc1NC(CS(=O)(=O)O)C(C)(C)C. The van der Waals surface area contributed by atoms with Gasteiger partial charge in [-0.3, -0.25) is 4.55 Å². The summed E-state index contributed by atoms with van der Waals surface area (Å²) in [4.78, 5) is 15.9. The summed E-state index contributed by atoms with van der Waals surface area (Å²) in [6, 6.07) is 0.722. The number of halogens is 1. The van der Waals surface area contributed by atoms with Crippen molar-refractivity contribution in [1.29, 1.82) is 0 Å². The van der Waals surface area contributed by atoms with Gasteiger partial charge in [-0.25, -0.2) is 19.3 Å². The maximum Gasteiger partial charge on any atom is 0.266 e. The number of hydrogen-bond donors (Lipinski definition) is 3. The lowest BCUT2D eigenvalue weighted by molar-refractivity contribution is 0.352. The van der Waals surface area contributed by atoms with E-state index in [1.54, 1.807) is 18.5 Å². The number of pyridine rings is 1. The van der Waals surface area contributed by atoms with Crippen molar-refractivity contribution in [3.8, 4) is 11.4 Å². The van der Waals surface area contributed by atoms with Crippen molar-refractivity contribution in [2.45, 2.75) is 33.2 Å². The van der Waals surface area contributed by atoms with E-state index in [0.29, 0.717) is 40.2 Å². The Morgan fingerprint density at radius 1 is 1.33 bits per heavy atom. The molecule has 160 valence electrons. The smallest absolute Gasteiger partial charge is 0.266 e. The van der Waals surface area contributed by atoms with Crippen LogP contribution in [0.25, 0.3) is 22.4 Å². The minimum absolute atomic E-state index is 0.323. The molecule has 0 saturated heterocycles. The Morgan fingerprint density at radius 2 is 2.07 bits per heavy atom. The summed E-state index contributed by atoms with van der Waals surface area (Å²) in [5.74, 6) is -0.220. The molecule has 0 aliphatic heterocycles. The molecule has 0 saturated carbocycles. The number of nitrogens with one attached hydrogen (secondary N) is 2. The molecule has 30 heavy (non-hydrogen) atoms. The van der Waals surface area contributed by atoms with Gasteiger partial charge in [0.15, 0.2) is 5.82 Å². The summed E-state index contributed by atoms with van der Waals surface area (Å²) < 4.78 is 46.2. The average Bonchev–Trinajstić information content (AvgIpc) is 3.04. The first-order valence-electron chi connectivity index (χ1n) is 9.29. The van der Waals surface area contributed by atoms with Crippen LogP contribution < -0.4 is 5.32 Å². The van der Waals surface area contributed by atoms with Crippen molar-refractivity contribution < 1.29 is 17.4 Å². The molecule has 3 heterocycles. The zero-order chi connectivity index (χ0) is 22.1. The van der Waals surface area contributed by atoms with Crippen molar-refractivity contribution in [2.24, 2.45) is 5.41 Å². The minimum Gasteiger partial charge on any atom is -0.365 e. The Balaban J connectivity index is 2.08. The van der Waals surface area contributed by atoms with Crippen molar-refractivity contribution in [3.05, 3.63) is 48.7 Å². The van der Waals surface area contributed by atoms with Crippen LogP contribution in [0.3, 0.4) is 0 Å². The molecule has 0 spiro atoms.